The number of rotatable bonds is 6. The summed E-state index contributed by atoms with van der Waals surface area (Å²) in [6, 6.07) is 14.6. The minimum atomic E-state index is -4.78. The van der Waals surface area contributed by atoms with Gasteiger partial charge in [0.25, 0.3) is 10.0 Å². The molecule has 0 aliphatic carbocycles. The van der Waals surface area contributed by atoms with E-state index in [1.165, 1.54) is 36.4 Å². The highest BCUT2D eigenvalue weighted by atomic mass is 35.5. The quantitative estimate of drug-likeness (QED) is 0.426. The van der Waals surface area contributed by atoms with Gasteiger partial charge in [-0.25, -0.2) is 8.42 Å². The molecule has 0 radical (unpaired) electrons. The number of aryl methyl sites for hydroxylation is 1. The zero-order chi connectivity index (χ0) is 24.4. The summed E-state index contributed by atoms with van der Waals surface area (Å²) in [5.74, 6) is -0.970. The van der Waals surface area contributed by atoms with Crippen LogP contribution >= 0.6 is 23.2 Å². The van der Waals surface area contributed by atoms with Gasteiger partial charge < -0.3 is 5.32 Å². The Morgan fingerprint density at radius 3 is 2.21 bits per heavy atom. The molecular formula is C22H17Cl2F3N2O3S. The van der Waals surface area contributed by atoms with Crippen LogP contribution in [0.2, 0.25) is 10.0 Å². The number of carbonyl (C=O) groups excluding carboxylic acids is 1. The first-order chi connectivity index (χ1) is 15.4. The summed E-state index contributed by atoms with van der Waals surface area (Å²) < 4.78 is 67.6. The molecule has 3 aromatic carbocycles. The molecule has 5 nitrogen and oxygen atoms in total. The van der Waals surface area contributed by atoms with Gasteiger partial charge >= 0.3 is 6.18 Å². The van der Waals surface area contributed by atoms with Crippen LogP contribution in [0, 0.1) is 6.92 Å². The molecule has 1 amide bonds. The van der Waals surface area contributed by atoms with Crippen molar-refractivity contribution in [3.8, 4) is 0 Å². The first-order valence-corrected chi connectivity index (χ1v) is 11.6. The molecule has 174 valence electrons. The minimum Gasteiger partial charge on any atom is -0.324 e. The van der Waals surface area contributed by atoms with Crippen molar-refractivity contribution in [2.75, 3.05) is 16.2 Å². The molecule has 0 saturated heterocycles. The summed E-state index contributed by atoms with van der Waals surface area (Å²) in [5.41, 5.74) is -0.787. The first kappa shape index (κ1) is 24.9. The van der Waals surface area contributed by atoms with Crippen LogP contribution in [0.3, 0.4) is 0 Å². The standard InChI is InChI=1S/C22H17Cl2F3N2O3S/c1-14-3-2-4-17(11-14)29(33(31,32)18-8-5-15(23)6-9-18)13-21(30)28-20-10-7-16(24)12-19(20)22(25,26)27/h2-12H,13H2,1H3,(H,28,30). The Balaban J connectivity index is 1.98. The van der Waals surface area contributed by atoms with Crippen LogP contribution in [0.25, 0.3) is 0 Å². The fraction of sp³-hybridized carbons (Fsp3) is 0.136. The number of hydrogen-bond donors (Lipinski definition) is 1. The smallest absolute Gasteiger partial charge is 0.324 e. The number of anilines is 2. The number of sulfonamides is 1. The molecule has 33 heavy (non-hydrogen) atoms. The molecule has 0 fully saturated rings. The van der Waals surface area contributed by atoms with Crippen LogP contribution in [0.5, 0.6) is 0 Å². The summed E-state index contributed by atoms with van der Waals surface area (Å²) in [6.07, 6.45) is -4.78. The van der Waals surface area contributed by atoms with E-state index in [1.54, 1.807) is 25.1 Å². The van der Waals surface area contributed by atoms with E-state index in [9.17, 15) is 26.4 Å². The van der Waals surface area contributed by atoms with E-state index in [1.807, 2.05) is 0 Å². The molecule has 0 aromatic heterocycles. The Hall–Kier alpha value is -2.75. The van der Waals surface area contributed by atoms with Gasteiger partial charge in [0.15, 0.2) is 0 Å². The minimum absolute atomic E-state index is 0.135. The highest BCUT2D eigenvalue weighted by molar-refractivity contribution is 7.92. The van der Waals surface area contributed by atoms with E-state index < -0.39 is 39.9 Å². The second-order valence-corrected chi connectivity index (χ2v) is 9.78. The van der Waals surface area contributed by atoms with E-state index in [4.69, 9.17) is 23.2 Å². The monoisotopic (exact) mass is 516 g/mol. The lowest BCUT2D eigenvalue weighted by atomic mass is 10.1. The molecular weight excluding hydrogens is 500 g/mol. The van der Waals surface area contributed by atoms with Gasteiger partial charge in [0.1, 0.15) is 6.54 Å². The average Bonchev–Trinajstić information content (AvgIpc) is 2.73. The van der Waals surface area contributed by atoms with Crippen LogP contribution < -0.4 is 9.62 Å². The van der Waals surface area contributed by atoms with Crippen LogP contribution in [-0.2, 0) is 21.0 Å². The van der Waals surface area contributed by atoms with Gasteiger partial charge in [-0.3, -0.25) is 9.10 Å². The maximum absolute atomic E-state index is 13.4. The Labute approximate surface area is 198 Å². The van der Waals surface area contributed by atoms with Crippen LogP contribution in [0.4, 0.5) is 24.5 Å². The van der Waals surface area contributed by atoms with Crippen LogP contribution in [0.15, 0.2) is 71.6 Å². The van der Waals surface area contributed by atoms with E-state index in [0.29, 0.717) is 11.1 Å². The number of hydrogen-bond acceptors (Lipinski definition) is 3. The number of halogens is 5. The number of nitrogens with one attached hydrogen (secondary N) is 1. The summed E-state index contributed by atoms with van der Waals surface area (Å²) in [7, 11) is -4.25. The zero-order valence-corrected chi connectivity index (χ0v) is 19.4. The maximum atomic E-state index is 13.4. The Bertz CT molecular complexity index is 1280. The Morgan fingerprint density at radius 1 is 0.970 bits per heavy atom. The SMILES string of the molecule is Cc1cccc(N(CC(=O)Nc2ccc(Cl)cc2C(F)(F)F)S(=O)(=O)c2ccc(Cl)cc2)c1. The van der Waals surface area contributed by atoms with Crippen molar-refractivity contribution in [2.24, 2.45) is 0 Å². The summed E-state index contributed by atoms with van der Waals surface area (Å²) in [4.78, 5) is 12.6. The highest BCUT2D eigenvalue weighted by Crippen LogP contribution is 2.36. The van der Waals surface area contributed by atoms with Crippen molar-refractivity contribution < 1.29 is 26.4 Å². The molecule has 3 rings (SSSR count). The molecule has 0 unspecified atom stereocenters. The highest BCUT2D eigenvalue weighted by Gasteiger charge is 2.35. The summed E-state index contributed by atoms with van der Waals surface area (Å²) >= 11 is 11.5. The molecule has 0 heterocycles. The van der Waals surface area contributed by atoms with Gasteiger partial charge in [0.2, 0.25) is 5.91 Å². The van der Waals surface area contributed by atoms with Crippen molar-refractivity contribution in [3.05, 3.63) is 87.9 Å². The second kappa shape index (κ2) is 9.62. The number of nitrogens with zero attached hydrogens (tertiary/aromatic N) is 1. The van der Waals surface area contributed by atoms with Crippen molar-refractivity contribution in [1.82, 2.24) is 0 Å². The van der Waals surface area contributed by atoms with E-state index in [2.05, 4.69) is 5.32 Å². The van der Waals surface area contributed by atoms with E-state index >= 15 is 0 Å². The Kier molecular flexibility index (Phi) is 7.26. The molecule has 0 saturated carbocycles. The lowest BCUT2D eigenvalue weighted by Gasteiger charge is -2.25. The fourth-order valence-corrected chi connectivity index (χ4v) is 4.72. The van der Waals surface area contributed by atoms with Crippen LogP contribution in [0.1, 0.15) is 11.1 Å². The largest absolute Gasteiger partial charge is 0.418 e. The van der Waals surface area contributed by atoms with Gasteiger partial charge in [-0.05, 0) is 67.1 Å². The first-order valence-electron chi connectivity index (χ1n) is 9.39. The van der Waals surface area contributed by atoms with Gasteiger partial charge in [-0.15, -0.1) is 0 Å². The van der Waals surface area contributed by atoms with Crippen molar-refractivity contribution in [2.45, 2.75) is 18.0 Å². The lowest BCUT2D eigenvalue weighted by Crippen LogP contribution is -2.38. The van der Waals surface area contributed by atoms with E-state index in [-0.39, 0.29) is 15.6 Å². The third-order valence-corrected chi connectivity index (χ3v) is 6.81. The average molecular weight is 517 g/mol. The van der Waals surface area contributed by atoms with Gasteiger partial charge in [0, 0.05) is 10.0 Å². The second-order valence-electron chi connectivity index (χ2n) is 7.04. The van der Waals surface area contributed by atoms with Gasteiger partial charge in [-0.1, -0.05) is 35.3 Å². The molecule has 0 atom stereocenters. The predicted octanol–water partition coefficient (Wildman–Crippen LogP) is 6.15. The molecule has 3 aromatic rings. The normalized spacial score (nSPS) is 11.8. The maximum Gasteiger partial charge on any atom is 0.418 e. The number of amides is 1. The summed E-state index contributed by atoms with van der Waals surface area (Å²) in [6.45, 7) is 0.967. The molecule has 0 bridgehead atoms. The topological polar surface area (TPSA) is 66.5 Å². The molecule has 0 spiro atoms. The van der Waals surface area contributed by atoms with E-state index in [0.717, 1.165) is 15.9 Å². The van der Waals surface area contributed by atoms with Crippen LogP contribution in [-0.4, -0.2) is 20.9 Å². The summed E-state index contributed by atoms with van der Waals surface area (Å²) in [5, 5.41) is 2.30. The Morgan fingerprint density at radius 2 is 1.61 bits per heavy atom. The third kappa shape index (κ3) is 5.98. The van der Waals surface area contributed by atoms with Gasteiger partial charge in [0.05, 0.1) is 21.8 Å². The van der Waals surface area contributed by atoms with Crippen molar-refractivity contribution in [3.63, 3.8) is 0 Å². The number of carbonyl (C=O) groups is 1. The third-order valence-electron chi connectivity index (χ3n) is 4.54. The lowest BCUT2D eigenvalue weighted by molar-refractivity contribution is -0.137. The zero-order valence-electron chi connectivity index (χ0n) is 17.0. The van der Waals surface area contributed by atoms with Crippen molar-refractivity contribution >= 4 is 50.5 Å². The fourth-order valence-electron chi connectivity index (χ4n) is 3.01. The molecule has 0 aliphatic heterocycles. The number of alkyl halides is 3. The molecule has 11 heteroatoms. The van der Waals surface area contributed by atoms with Gasteiger partial charge in [-0.2, -0.15) is 13.2 Å². The molecule has 0 aliphatic rings. The number of benzene rings is 3. The predicted molar refractivity (Wildman–Crippen MR) is 122 cm³/mol. The molecule has 1 N–H and O–H groups in total. The van der Waals surface area contributed by atoms with Crippen molar-refractivity contribution in [1.29, 1.82) is 0 Å².